The molecule has 0 aromatic heterocycles. The number of nitrogens with zero attached hydrogens (tertiary/aromatic N) is 2. The number of Topliss-reactive ketones (excluding diaryl/α,β-unsaturated/α-hetero) is 1. The number of halogens is 2. The van der Waals surface area contributed by atoms with Crippen LogP contribution in [0.4, 0.5) is 8.78 Å². The van der Waals surface area contributed by atoms with E-state index in [1.807, 2.05) is 13.8 Å². The third kappa shape index (κ3) is 5.63. The van der Waals surface area contributed by atoms with Gasteiger partial charge < -0.3 is 0 Å². The van der Waals surface area contributed by atoms with Crippen LogP contribution in [0.25, 0.3) is 0 Å². The summed E-state index contributed by atoms with van der Waals surface area (Å²) in [4.78, 5) is 13.8. The molecule has 0 radical (unpaired) electrons. The molecule has 0 bridgehead atoms. The molecule has 4 atom stereocenters. The summed E-state index contributed by atoms with van der Waals surface area (Å²) in [7, 11) is -8.62. The highest BCUT2D eigenvalue weighted by Crippen LogP contribution is 2.48. The average molecular weight is 651 g/mol. The first-order chi connectivity index (χ1) is 21.4. The van der Waals surface area contributed by atoms with Crippen LogP contribution in [0.15, 0.2) is 107 Å². The first-order valence-electron chi connectivity index (χ1n) is 14.6. The molecule has 0 amide bonds. The lowest BCUT2D eigenvalue weighted by molar-refractivity contribution is -0.132. The molecular formula is C34H32F2N2O5S2. The number of piperidine rings is 2. The molecule has 234 valence electrons. The minimum Gasteiger partial charge on any atom is -0.299 e. The van der Waals surface area contributed by atoms with Crippen LogP contribution < -0.4 is 0 Å². The topological polar surface area (TPSA) is 91.8 Å². The molecule has 2 aliphatic heterocycles. The summed E-state index contributed by atoms with van der Waals surface area (Å²) in [5.74, 6) is -2.79. The summed E-state index contributed by atoms with van der Waals surface area (Å²) >= 11 is 0. The number of hydrogen-bond donors (Lipinski definition) is 0. The van der Waals surface area contributed by atoms with E-state index in [4.69, 9.17) is 0 Å². The number of ketones is 1. The van der Waals surface area contributed by atoms with Crippen molar-refractivity contribution in [3.63, 3.8) is 0 Å². The Labute approximate surface area is 262 Å². The average Bonchev–Trinajstić information content (AvgIpc) is 3.01. The standard InChI is InChI=1S/C34H32F2N2O5S2/c1-22-11-15-24(16-12-22)44(40,41)37-21-28-32(19-31(37)26-7-3-5-9-29(26)35)38(45(42,43)25-17-13-23(2)14-18-25)33(20-34(28)39)27-8-4-6-10-30(27)36/h3-18,28,31-33H,19-21H2,1-2H3/t28-,31+,32+,33?/m1/s1. The maximum absolute atomic E-state index is 15.5. The molecule has 45 heavy (non-hydrogen) atoms. The van der Waals surface area contributed by atoms with E-state index in [-0.39, 0.29) is 46.1 Å². The number of aryl methyl sites for hydroxylation is 2. The van der Waals surface area contributed by atoms with Crippen LogP contribution in [0.5, 0.6) is 0 Å². The highest BCUT2D eigenvalue weighted by atomic mass is 32.2. The maximum atomic E-state index is 15.5. The van der Waals surface area contributed by atoms with Gasteiger partial charge in [0.15, 0.2) is 0 Å². The molecule has 0 saturated carbocycles. The van der Waals surface area contributed by atoms with Gasteiger partial charge in [0.25, 0.3) is 0 Å². The van der Waals surface area contributed by atoms with Gasteiger partial charge in [-0.3, -0.25) is 4.79 Å². The van der Waals surface area contributed by atoms with Crippen molar-refractivity contribution in [2.45, 2.75) is 54.6 Å². The van der Waals surface area contributed by atoms with Crippen molar-refractivity contribution in [3.8, 4) is 0 Å². The molecule has 11 heteroatoms. The van der Waals surface area contributed by atoms with Gasteiger partial charge in [-0.1, -0.05) is 71.8 Å². The minimum absolute atomic E-state index is 0.0236. The first kappa shape index (κ1) is 31.2. The fourth-order valence-corrected chi connectivity index (χ4v) is 10.0. The van der Waals surface area contributed by atoms with E-state index in [2.05, 4.69) is 0 Å². The van der Waals surface area contributed by atoms with E-state index in [0.717, 1.165) is 15.4 Å². The van der Waals surface area contributed by atoms with Crippen LogP contribution >= 0.6 is 0 Å². The molecule has 2 aliphatic rings. The quantitative estimate of drug-likeness (QED) is 0.251. The van der Waals surface area contributed by atoms with Crippen LogP contribution in [0, 0.1) is 31.4 Å². The van der Waals surface area contributed by atoms with Crippen LogP contribution in [0.3, 0.4) is 0 Å². The molecule has 0 spiro atoms. The molecule has 7 nitrogen and oxygen atoms in total. The van der Waals surface area contributed by atoms with Crippen molar-refractivity contribution in [3.05, 3.63) is 131 Å². The van der Waals surface area contributed by atoms with Gasteiger partial charge >= 0.3 is 0 Å². The summed E-state index contributed by atoms with van der Waals surface area (Å²) in [5.41, 5.74) is 1.77. The predicted molar refractivity (Wildman–Crippen MR) is 165 cm³/mol. The van der Waals surface area contributed by atoms with E-state index in [0.29, 0.717) is 0 Å². The van der Waals surface area contributed by atoms with Crippen molar-refractivity contribution in [2.75, 3.05) is 6.54 Å². The maximum Gasteiger partial charge on any atom is 0.243 e. The van der Waals surface area contributed by atoms with Crippen molar-refractivity contribution >= 4 is 25.8 Å². The summed E-state index contributed by atoms with van der Waals surface area (Å²) in [5, 5.41) is 0. The Balaban J connectivity index is 1.53. The van der Waals surface area contributed by atoms with Gasteiger partial charge in [0.05, 0.1) is 21.9 Å². The first-order valence-corrected chi connectivity index (χ1v) is 17.5. The molecule has 0 aliphatic carbocycles. The van der Waals surface area contributed by atoms with Crippen molar-refractivity contribution in [1.29, 1.82) is 0 Å². The number of carbonyl (C=O) groups is 1. The Kier molecular flexibility index (Phi) is 8.23. The second-order valence-electron chi connectivity index (χ2n) is 11.7. The number of fused-ring (bicyclic) bond motifs is 1. The SMILES string of the molecule is Cc1ccc(S(=O)(=O)N2C[C@H]3C(=O)CC(c4ccccc4F)N(S(=O)(=O)c4ccc(C)cc4)[C@H]3C[C@H]2c2ccccc2F)cc1. The zero-order chi connectivity index (χ0) is 32.1. The molecule has 4 aromatic carbocycles. The predicted octanol–water partition coefficient (Wildman–Crippen LogP) is 6.11. The number of rotatable bonds is 6. The van der Waals surface area contributed by atoms with E-state index in [1.54, 1.807) is 36.4 Å². The Morgan fingerprint density at radius 2 is 1.11 bits per heavy atom. The van der Waals surface area contributed by atoms with Crippen LogP contribution in [-0.2, 0) is 24.8 Å². The van der Waals surface area contributed by atoms with Gasteiger partial charge in [-0.2, -0.15) is 8.61 Å². The number of carbonyl (C=O) groups excluding carboxylic acids is 1. The van der Waals surface area contributed by atoms with Crippen LogP contribution in [-0.4, -0.2) is 43.8 Å². The summed E-state index contributed by atoms with van der Waals surface area (Å²) in [6, 6.07) is 20.5. The third-order valence-electron chi connectivity index (χ3n) is 8.85. The number of benzene rings is 4. The summed E-state index contributed by atoms with van der Waals surface area (Å²) in [6.07, 6.45) is -0.575. The molecule has 2 heterocycles. The molecule has 0 N–H and O–H groups in total. The Morgan fingerprint density at radius 3 is 1.62 bits per heavy atom. The fraction of sp³-hybridized carbons (Fsp3) is 0.265. The molecular weight excluding hydrogens is 619 g/mol. The largest absolute Gasteiger partial charge is 0.299 e. The summed E-state index contributed by atoms with van der Waals surface area (Å²) < 4.78 is 90.3. The van der Waals surface area contributed by atoms with E-state index in [9.17, 15) is 21.6 Å². The zero-order valence-corrected chi connectivity index (χ0v) is 26.3. The van der Waals surface area contributed by atoms with Gasteiger partial charge in [0, 0.05) is 36.1 Å². The smallest absolute Gasteiger partial charge is 0.243 e. The molecule has 1 unspecified atom stereocenters. The van der Waals surface area contributed by atoms with Crippen LogP contribution in [0.2, 0.25) is 0 Å². The van der Waals surface area contributed by atoms with Crippen molar-refractivity contribution in [1.82, 2.24) is 8.61 Å². The Hall–Kier alpha value is -3.77. The monoisotopic (exact) mass is 650 g/mol. The zero-order valence-electron chi connectivity index (χ0n) is 24.7. The van der Waals surface area contributed by atoms with Gasteiger partial charge in [0.2, 0.25) is 20.0 Å². The van der Waals surface area contributed by atoms with Gasteiger partial charge in [-0.15, -0.1) is 0 Å². The van der Waals surface area contributed by atoms with Gasteiger partial charge in [0.1, 0.15) is 17.4 Å². The highest BCUT2D eigenvalue weighted by molar-refractivity contribution is 7.89. The van der Waals surface area contributed by atoms with Gasteiger partial charge in [-0.25, -0.2) is 25.6 Å². The lowest BCUT2D eigenvalue weighted by atomic mass is 9.77. The fourth-order valence-electron chi connectivity index (χ4n) is 6.52. The van der Waals surface area contributed by atoms with E-state index >= 15 is 8.78 Å². The molecule has 6 rings (SSSR count). The van der Waals surface area contributed by atoms with Gasteiger partial charge in [-0.05, 0) is 56.7 Å². The third-order valence-corrected chi connectivity index (χ3v) is 12.7. The number of hydrogen-bond acceptors (Lipinski definition) is 5. The van der Waals surface area contributed by atoms with E-state index in [1.165, 1.54) is 65.0 Å². The Bertz CT molecular complexity index is 1970. The molecule has 2 fully saturated rings. The summed E-state index contributed by atoms with van der Waals surface area (Å²) in [6.45, 7) is 3.26. The number of sulfonamides is 2. The van der Waals surface area contributed by atoms with Crippen molar-refractivity contribution in [2.24, 2.45) is 5.92 Å². The normalized spacial score (nSPS) is 23.1. The Morgan fingerprint density at radius 1 is 0.644 bits per heavy atom. The minimum atomic E-state index is -4.36. The van der Waals surface area contributed by atoms with E-state index < -0.39 is 55.7 Å². The lowest BCUT2D eigenvalue weighted by Gasteiger charge is -2.51. The van der Waals surface area contributed by atoms with Crippen LogP contribution in [0.1, 0.15) is 47.2 Å². The molecule has 4 aromatic rings. The second kappa shape index (κ2) is 11.9. The lowest BCUT2D eigenvalue weighted by Crippen LogP contribution is -2.61. The van der Waals surface area contributed by atoms with Crippen molar-refractivity contribution < 1.29 is 30.4 Å². The highest BCUT2D eigenvalue weighted by Gasteiger charge is 2.55. The second-order valence-corrected chi connectivity index (χ2v) is 15.4. The molecule has 2 saturated heterocycles.